The second-order valence-corrected chi connectivity index (χ2v) is 6.38. The van der Waals surface area contributed by atoms with Gasteiger partial charge in [-0.25, -0.2) is 0 Å². The van der Waals surface area contributed by atoms with E-state index in [1.807, 2.05) is 6.33 Å². The van der Waals surface area contributed by atoms with Gasteiger partial charge in [0.15, 0.2) is 5.82 Å². The summed E-state index contributed by atoms with van der Waals surface area (Å²) >= 11 is 1.75. The zero-order chi connectivity index (χ0) is 12.1. The Hall–Kier alpha value is -1.36. The van der Waals surface area contributed by atoms with E-state index in [1.54, 1.807) is 11.3 Å². The Labute approximate surface area is 110 Å². The summed E-state index contributed by atoms with van der Waals surface area (Å²) in [6, 6.07) is 0.605. The molecule has 94 valence electrons. The Kier molecular flexibility index (Phi) is 2.24. The summed E-state index contributed by atoms with van der Waals surface area (Å²) in [5.74, 6) is 0.995. The Morgan fingerprint density at radius 3 is 2.94 bits per heavy atom. The maximum Gasteiger partial charge on any atom is 0.167 e. The van der Waals surface area contributed by atoms with Gasteiger partial charge >= 0.3 is 0 Å². The molecule has 0 amide bonds. The summed E-state index contributed by atoms with van der Waals surface area (Å²) in [5.41, 5.74) is 8.86. The van der Waals surface area contributed by atoms with E-state index in [-0.39, 0.29) is 0 Å². The highest BCUT2D eigenvalue weighted by Gasteiger charge is 2.30. The van der Waals surface area contributed by atoms with Crippen LogP contribution in [0.25, 0.3) is 11.4 Å². The second-order valence-electron chi connectivity index (χ2n) is 5.24. The topological polar surface area (TPSA) is 56.7 Å². The summed E-state index contributed by atoms with van der Waals surface area (Å²) < 4.78 is 2.22. The van der Waals surface area contributed by atoms with Gasteiger partial charge in [-0.05, 0) is 44.1 Å². The predicted molar refractivity (Wildman–Crippen MR) is 72.7 cm³/mol. The van der Waals surface area contributed by atoms with Gasteiger partial charge in [-0.15, -0.1) is 21.5 Å². The molecule has 2 aliphatic rings. The van der Waals surface area contributed by atoms with Crippen LogP contribution in [0, 0.1) is 0 Å². The van der Waals surface area contributed by atoms with Crippen molar-refractivity contribution in [3.63, 3.8) is 0 Å². The highest BCUT2D eigenvalue weighted by molar-refractivity contribution is 7.16. The fraction of sp³-hybridized carbons (Fsp3) is 0.538. The van der Waals surface area contributed by atoms with Crippen molar-refractivity contribution < 1.29 is 0 Å². The van der Waals surface area contributed by atoms with E-state index < -0.39 is 0 Å². The van der Waals surface area contributed by atoms with Crippen LogP contribution in [0.3, 0.4) is 0 Å². The molecule has 0 aliphatic heterocycles. The van der Waals surface area contributed by atoms with Crippen LogP contribution in [-0.2, 0) is 12.8 Å². The number of hydrogen-bond donors (Lipinski definition) is 1. The average molecular weight is 260 g/mol. The molecular weight excluding hydrogens is 244 g/mol. The normalized spacial score (nSPS) is 18.9. The third kappa shape index (κ3) is 1.50. The number of hydrogen-bond acceptors (Lipinski definition) is 4. The molecule has 0 spiro atoms. The fourth-order valence-electron chi connectivity index (χ4n) is 2.87. The van der Waals surface area contributed by atoms with Gasteiger partial charge in [-0.3, -0.25) is 0 Å². The molecule has 1 fully saturated rings. The number of anilines is 1. The third-order valence-corrected chi connectivity index (χ3v) is 5.06. The van der Waals surface area contributed by atoms with Gasteiger partial charge in [-0.1, -0.05) is 0 Å². The number of aryl methyl sites for hydroxylation is 1. The molecule has 2 aromatic rings. The van der Waals surface area contributed by atoms with Crippen molar-refractivity contribution in [2.45, 2.75) is 44.6 Å². The summed E-state index contributed by atoms with van der Waals surface area (Å²) in [4.78, 5) is 1.47. The van der Waals surface area contributed by atoms with Crippen LogP contribution in [0.5, 0.6) is 0 Å². The molecule has 4 nitrogen and oxygen atoms in total. The molecule has 0 radical (unpaired) electrons. The molecule has 2 aromatic heterocycles. The fourth-order valence-corrected chi connectivity index (χ4v) is 4.03. The molecule has 2 heterocycles. The van der Waals surface area contributed by atoms with Crippen LogP contribution in [0.4, 0.5) is 5.00 Å². The molecule has 5 heteroatoms. The van der Waals surface area contributed by atoms with E-state index in [4.69, 9.17) is 5.73 Å². The van der Waals surface area contributed by atoms with Gasteiger partial charge in [0.25, 0.3) is 0 Å². The smallest absolute Gasteiger partial charge is 0.167 e. The lowest BCUT2D eigenvalue weighted by molar-refractivity contribution is 0.695. The van der Waals surface area contributed by atoms with Crippen molar-refractivity contribution in [1.29, 1.82) is 0 Å². The first-order chi connectivity index (χ1) is 8.84. The lowest BCUT2D eigenvalue weighted by atomic mass is 9.95. The van der Waals surface area contributed by atoms with Gasteiger partial charge in [0.05, 0.1) is 10.6 Å². The van der Waals surface area contributed by atoms with Crippen molar-refractivity contribution >= 4 is 16.3 Å². The minimum Gasteiger partial charge on any atom is -0.390 e. The SMILES string of the molecule is Nc1sc2c(c1-c1nncn1C1CC1)CCCC2. The zero-order valence-corrected chi connectivity index (χ0v) is 11.0. The first kappa shape index (κ1) is 10.6. The van der Waals surface area contributed by atoms with E-state index in [9.17, 15) is 0 Å². The second kappa shape index (κ2) is 3.82. The Bertz CT molecular complexity index is 594. The highest BCUT2D eigenvalue weighted by atomic mass is 32.1. The Morgan fingerprint density at radius 1 is 1.28 bits per heavy atom. The molecule has 0 saturated heterocycles. The third-order valence-electron chi connectivity index (χ3n) is 3.94. The summed E-state index contributed by atoms with van der Waals surface area (Å²) in [6.45, 7) is 0. The minimum absolute atomic E-state index is 0.605. The molecule has 0 bridgehead atoms. The monoisotopic (exact) mass is 260 g/mol. The van der Waals surface area contributed by atoms with E-state index >= 15 is 0 Å². The molecule has 0 aromatic carbocycles. The number of aromatic nitrogens is 3. The largest absolute Gasteiger partial charge is 0.390 e. The Morgan fingerprint density at radius 2 is 2.11 bits per heavy atom. The van der Waals surface area contributed by atoms with Crippen LogP contribution in [0.15, 0.2) is 6.33 Å². The number of nitrogen functional groups attached to an aromatic ring is 1. The minimum atomic E-state index is 0.605. The van der Waals surface area contributed by atoms with Crippen LogP contribution in [0.2, 0.25) is 0 Å². The summed E-state index contributed by atoms with van der Waals surface area (Å²) in [5, 5.41) is 9.35. The molecule has 4 rings (SSSR count). The van der Waals surface area contributed by atoms with Crippen molar-refractivity contribution in [3.8, 4) is 11.4 Å². The molecule has 18 heavy (non-hydrogen) atoms. The van der Waals surface area contributed by atoms with Crippen molar-refractivity contribution in [2.24, 2.45) is 0 Å². The van der Waals surface area contributed by atoms with E-state index in [1.165, 1.54) is 48.1 Å². The van der Waals surface area contributed by atoms with E-state index in [0.29, 0.717) is 6.04 Å². The van der Waals surface area contributed by atoms with Crippen LogP contribution in [0.1, 0.15) is 42.2 Å². The maximum absolute atomic E-state index is 6.24. The number of rotatable bonds is 2. The lowest BCUT2D eigenvalue weighted by Crippen LogP contribution is -2.03. The summed E-state index contributed by atoms with van der Waals surface area (Å²) in [7, 11) is 0. The standard InChI is InChI=1S/C13H16N4S/c14-12-11(9-3-1-2-4-10(9)18-12)13-16-15-7-17(13)8-5-6-8/h7-8H,1-6,14H2. The van der Waals surface area contributed by atoms with Crippen molar-refractivity contribution in [3.05, 3.63) is 16.8 Å². The Balaban J connectivity index is 1.88. The number of nitrogens with two attached hydrogens (primary N) is 1. The average Bonchev–Trinajstić information content (AvgIpc) is 3.01. The zero-order valence-electron chi connectivity index (χ0n) is 10.2. The van der Waals surface area contributed by atoms with Gasteiger partial charge in [0, 0.05) is 10.9 Å². The van der Waals surface area contributed by atoms with Crippen LogP contribution in [-0.4, -0.2) is 14.8 Å². The van der Waals surface area contributed by atoms with Gasteiger partial charge in [-0.2, -0.15) is 0 Å². The van der Waals surface area contributed by atoms with Gasteiger partial charge in [0.1, 0.15) is 6.33 Å². The molecule has 0 unspecified atom stereocenters. The molecule has 0 atom stereocenters. The van der Waals surface area contributed by atoms with Crippen molar-refractivity contribution in [2.75, 3.05) is 5.73 Å². The predicted octanol–water partition coefficient (Wildman–Crippen LogP) is 2.80. The molecule has 1 saturated carbocycles. The van der Waals surface area contributed by atoms with Gasteiger partial charge < -0.3 is 10.3 Å². The first-order valence-electron chi connectivity index (χ1n) is 6.64. The molecule has 2 aliphatic carbocycles. The van der Waals surface area contributed by atoms with Crippen LogP contribution < -0.4 is 5.73 Å². The number of nitrogens with zero attached hydrogens (tertiary/aromatic N) is 3. The van der Waals surface area contributed by atoms with Crippen LogP contribution >= 0.6 is 11.3 Å². The molecule has 2 N–H and O–H groups in total. The quantitative estimate of drug-likeness (QED) is 0.903. The van der Waals surface area contributed by atoms with E-state index in [2.05, 4.69) is 14.8 Å². The first-order valence-corrected chi connectivity index (χ1v) is 7.46. The maximum atomic E-state index is 6.24. The highest BCUT2D eigenvalue weighted by Crippen LogP contribution is 2.44. The van der Waals surface area contributed by atoms with Gasteiger partial charge in [0.2, 0.25) is 0 Å². The molecular formula is C13H16N4S. The lowest BCUT2D eigenvalue weighted by Gasteiger charge is -2.13. The number of thiophene rings is 1. The summed E-state index contributed by atoms with van der Waals surface area (Å²) in [6.07, 6.45) is 9.25. The van der Waals surface area contributed by atoms with E-state index in [0.717, 1.165) is 17.2 Å². The number of fused-ring (bicyclic) bond motifs is 1. The van der Waals surface area contributed by atoms with Crippen molar-refractivity contribution in [1.82, 2.24) is 14.8 Å².